The van der Waals surface area contributed by atoms with Gasteiger partial charge in [0.1, 0.15) is 0 Å². The lowest BCUT2D eigenvalue weighted by molar-refractivity contribution is 0.949. The number of nitrogens with zero attached hydrogens (tertiary/aromatic N) is 2. The summed E-state index contributed by atoms with van der Waals surface area (Å²) in [6, 6.07) is 18.4. The Morgan fingerprint density at radius 1 is 0.522 bits per heavy atom. The zero-order valence-corrected chi connectivity index (χ0v) is 14.7. The van der Waals surface area contributed by atoms with E-state index in [1.807, 2.05) is 0 Å². The molecule has 2 aliphatic rings. The van der Waals surface area contributed by atoms with Crippen LogP contribution in [0.4, 0.5) is 11.4 Å². The van der Waals surface area contributed by atoms with Crippen LogP contribution >= 0.6 is 8.58 Å². The Labute approximate surface area is 141 Å². The highest BCUT2D eigenvalue weighted by Crippen LogP contribution is 2.22. The van der Waals surface area contributed by atoms with Crippen molar-refractivity contribution in [2.24, 2.45) is 0 Å². The van der Waals surface area contributed by atoms with Crippen LogP contribution in [0.15, 0.2) is 48.5 Å². The third-order valence-corrected chi connectivity index (χ3v) is 6.21. The highest BCUT2D eigenvalue weighted by molar-refractivity contribution is 7.55. The maximum absolute atomic E-state index is 2.50. The van der Waals surface area contributed by atoms with Crippen LogP contribution in [-0.2, 0) is 0 Å². The van der Waals surface area contributed by atoms with Crippen molar-refractivity contribution in [1.82, 2.24) is 0 Å². The van der Waals surface area contributed by atoms with E-state index < -0.39 is 0 Å². The van der Waals surface area contributed by atoms with Crippen LogP contribution in [0.1, 0.15) is 25.7 Å². The maximum Gasteiger partial charge on any atom is 0.0366 e. The average molecular weight is 324 g/mol. The lowest BCUT2D eigenvalue weighted by Gasteiger charge is -2.18. The lowest BCUT2D eigenvalue weighted by atomic mass is 10.3. The molecule has 23 heavy (non-hydrogen) atoms. The standard InChI is InChI=1S/C20H25N2P/c1-2-14-21(13-1)17-5-9-19(10-6-17)23-20-11-7-18(8-12-20)22-15-3-4-16-22/h5-12,23H,1-4,13-16H2. The molecule has 0 bridgehead atoms. The Morgan fingerprint density at radius 2 is 0.870 bits per heavy atom. The van der Waals surface area contributed by atoms with Gasteiger partial charge < -0.3 is 9.80 Å². The molecule has 0 aromatic heterocycles. The zero-order chi connectivity index (χ0) is 15.5. The fourth-order valence-corrected chi connectivity index (χ4v) is 4.63. The van der Waals surface area contributed by atoms with Crippen molar-refractivity contribution in [3.8, 4) is 0 Å². The van der Waals surface area contributed by atoms with Gasteiger partial charge in [-0.25, -0.2) is 0 Å². The molecule has 2 nitrogen and oxygen atoms in total. The summed E-state index contributed by atoms with van der Waals surface area (Å²) in [5, 5.41) is 2.86. The van der Waals surface area contributed by atoms with Crippen molar-refractivity contribution in [2.45, 2.75) is 25.7 Å². The van der Waals surface area contributed by atoms with Gasteiger partial charge in [0.05, 0.1) is 0 Å². The van der Waals surface area contributed by atoms with Crippen molar-refractivity contribution >= 4 is 30.6 Å². The van der Waals surface area contributed by atoms with Crippen molar-refractivity contribution in [3.05, 3.63) is 48.5 Å². The van der Waals surface area contributed by atoms with Crippen LogP contribution in [0.2, 0.25) is 0 Å². The van der Waals surface area contributed by atoms with Crippen LogP contribution in [0.25, 0.3) is 0 Å². The molecule has 0 atom stereocenters. The van der Waals surface area contributed by atoms with E-state index >= 15 is 0 Å². The molecule has 2 heterocycles. The molecule has 0 N–H and O–H groups in total. The average Bonchev–Trinajstić information content (AvgIpc) is 3.30. The van der Waals surface area contributed by atoms with E-state index in [0.717, 1.165) is 8.58 Å². The van der Waals surface area contributed by atoms with Crippen LogP contribution in [0, 0.1) is 0 Å². The molecular weight excluding hydrogens is 299 g/mol. The third-order valence-electron chi connectivity index (χ3n) is 4.97. The summed E-state index contributed by atoms with van der Waals surface area (Å²) in [6.07, 6.45) is 5.36. The number of rotatable bonds is 4. The Hall–Kier alpha value is -1.53. The maximum atomic E-state index is 2.50. The molecule has 0 radical (unpaired) electrons. The minimum Gasteiger partial charge on any atom is -0.372 e. The molecule has 2 fully saturated rings. The molecule has 0 aliphatic carbocycles. The molecule has 0 spiro atoms. The number of hydrogen-bond acceptors (Lipinski definition) is 2. The first-order chi connectivity index (χ1) is 11.4. The molecular formula is C20H25N2P. The van der Waals surface area contributed by atoms with E-state index in [2.05, 4.69) is 58.3 Å². The van der Waals surface area contributed by atoms with E-state index in [9.17, 15) is 0 Å². The van der Waals surface area contributed by atoms with Crippen molar-refractivity contribution in [2.75, 3.05) is 36.0 Å². The largest absolute Gasteiger partial charge is 0.372 e. The fourth-order valence-electron chi connectivity index (χ4n) is 3.63. The van der Waals surface area contributed by atoms with Crippen LogP contribution in [0.5, 0.6) is 0 Å². The van der Waals surface area contributed by atoms with Gasteiger partial charge in [0.25, 0.3) is 0 Å². The highest BCUT2D eigenvalue weighted by Gasteiger charge is 2.13. The summed E-state index contributed by atoms with van der Waals surface area (Å²) >= 11 is 0. The normalized spacial score (nSPS) is 17.9. The molecule has 0 saturated carbocycles. The monoisotopic (exact) mass is 324 g/mol. The summed E-state index contributed by atoms with van der Waals surface area (Å²) in [4.78, 5) is 5.00. The second-order valence-electron chi connectivity index (χ2n) is 6.61. The van der Waals surface area contributed by atoms with Crippen molar-refractivity contribution < 1.29 is 0 Å². The number of hydrogen-bond donors (Lipinski definition) is 0. The molecule has 0 unspecified atom stereocenters. The molecule has 120 valence electrons. The molecule has 2 aromatic carbocycles. The summed E-state index contributed by atoms with van der Waals surface area (Å²) < 4.78 is 0. The molecule has 0 amide bonds. The van der Waals surface area contributed by atoms with Gasteiger partial charge in [-0.1, -0.05) is 32.8 Å². The van der Waals surface area contributed by atoms with Gasteiger partial charge in [0, 0.05) is 37.6 Å². The van der Waals surface area contributed by atoms with Crippen LogP contribution < -0.4 is 20.4 Å². The first-order valence-electron chi connectivity index (χ1n) is 8.85. The summed E-state index contributed by atoms with van der Waals surface area (Å²) in [6.45, 7) is 4.89. The predicted octanol–water partition coefficient (Wildman–Crippen LogP) is 3.52. The quantitative estimate of drug-likeness (QED) is 0.794. The predicted molar refractivity (Wildman–Crippen MR) is 103 cm³/mol. The second-order valence-corrected chi connectivity index (χ2v) is 8.01. The smallest absolute Gasteiger partial charge is 0.0366 e. The SMILES string of the molecule is c1cc(N2CCCC2)ccc1Pc1ccc(N2CCCC2)cc1. The van der Waals surface area contributed by atoms with Crippen LogP contribution in [-0.4, -0.2) is 26.2 Å². The highest BCUT2D eigenvalue weighted by atomic mass is 31.1. The van der Waals surface area contributed by atoms with Gasteiger partial charge in [0.2, 0.25) is 0 Å². The van der Waals surface area contributed by atoms with E-state index in [4.69, 9.17) is 0 Å². The van der Waals surface area contributed by atoms with Crippen LogP contribution in [0.3, 0.4) is 0 Å². The van der Waals surface area contributed by atoms with Gasteiger partial charge in [-0.2, -0.15) is 0 Å². The Morgan fingerprint density at radius 3 is 1.22 bits per heavy atom. The Balaban J connectivity index is 1.41. The van der Waals surface area contributed by atoms with Gasteiger partial charge in [-0.05, 0) is 60.6 Å². The second kappa shape index (κ2) is 6.93. The minimum absolute atomic E-state index is 0.753. The van der Waals surface area contributed by atoms with Gasteiger partial charge in [0.15, 0.2) is 0 Å². The third kappa shape index (κ3) is 3.53. The number of benzene rings is 2. The van der Waals surface area contributed by atoms with Gasteiger partial charge in [-0.3, -0.25) is 0 Å². The van der Waals surface area contributed by atoms with E-state index in [1.54, 1.807) is 0 Å². The van der Waals surface area contributed by atoms with Gasteiger partial charge >= 0.3 is 0 Å². The first-order valence-corrected chi connectivity index (χ1v) is 9.85. The Kier molecular flexibility index (Phi) is 4.52. The number of anilines is 2. The summed E-state index contributed by atoms with van der Waals surface area (Å²) in [5.74, 6) is 0. The van der Waals surface area contributed by atoms with E-state index in [-0.39, 0.29) is 0 Å². The summed E-state index contributed by atoms with van der Waals surface area (Å²) in [7, 11) is 0.753. The molecule has 2 aliphatic heterocycles. The fraction of sp³-hybridized carbons (Fsp3) is 0.400. The van der Waals surface area contributed by atoms with Gasteiger partial charge in [-0.15, -0.1) is 0 Å². The van der Waals surface area contributed by atoms with E-state index in [0.29, 0.717) is 0 Å². The summed E-state index contributed by atoms with van der Waals surface area (Å²) in [5.41, 5.74) is 2.78. The molecule has 4 rings (SSSR count). The topological polar surface area (TPSA) is 6.48 Å². The molecule has 2 aromatic rings. The molecule has 3 heteroatoms. The minimum atomic E-state index is 0.753. The Bertz CT molecular complexity index is 566. The lowest BCUT2D eigenvalue weighted by Crippen LogP contribution is -2.18. The zero-order valence-electron chi connectivity index (χ0n) is 13.7. The molecule has 2 saturated heterocycles. The van der Waals surface area contributed by atoms with E-state index in [1.165, 1.54) is 73.8 Å². The van der Waals surface area contributed by atoms with Crippen molar-refractivity contribution in [1.29, 1.82) is 0 Å². The van der Waals surface area contributed by atoms with Crippen molar-refractivity contribution in [3.63, 3.8) is 0 Å². The first kappa shape index (κ1) is 15.0.